The zero-order valence-electron chi connectivity index (χ0n) is 9.61. The minimum absolute atomic E-state index is 0.0985. The number of hydrogen-bond donors (Lipinski definition) is 2. The molecule has 4 nitrogen and oxygen atoms in total. The Bertz CT molecular complexity index is 583. The van der Waals surface area contributed by atoms with Crippen molar-refractivity contribution in [2.75, 3.05) is 5.32 Å². The molecule has 0 unspecified atom stereocenters. The maximum Gasteiger partial charge on any atom is 0.339 e. The first-order chi connectivity index (χ1) is 8.59. The highest BCUT2D eigenvalue weighted by atomic mass is 35.5. The molecular weight excluding hydrogens is 272 g/mol. The van der Waals surface area contributed by atoms with Crippen LogP contribution in [-0.4, -0.2) is 16.1 Å². The van der Waals surface area contributed by atoms with E-state index in [0.29, 0.717) is 12.2 Å². The first-order valence-electron chi connectivity index (χ1n) is 5.24. The van der Waals surface area contributed by atoms with Crippen LogP contribution in [0.4, 0.5) is 5.69 Å². The van der Waals surface area contributed by atoms with Gasteiger partial charge in [-0.25, -0.2) is 9.78 Å². The molecule has 0 spiro atoms. The summed E-state index contributed by atoms with van der Waals surface area (Å²) in [5.74, 6) is -1.04. The molecule has 6 heteroatoms. The van der Waals surface area contributed by atoms with Gasteiger partial charge in [-0.05, 0) is 19.1 Å². The smallest absolute Gasteiger partial charge is 0.339 e. The number of anilines is 1. The monoisotopic (exact) mass is 282 g/mol. The van der Waals surface area contributed by atoms with Gasteiger partial charge in [0.05, 0.1) is 28.5 Å². The van der Waals surface area contributed by atoms with Crippen LogP contribution in [0.5, 0.6) is 0 Å². The third-order valence-corrected chi connectivity index (χ3v) is 3.76. The first-order valence-corrected chi connectivity index (χ1v) is 6.50. The maximum absolute atomic E-state index is 11.1. The Morgan fingerprint density at radius 1 is 1.56 bits per heavy atom. The minimum atomic E-state index is -1.04. The largest absolute Gasteiger partial charge is 0.478 e. The number of nitrogens with one attached hydrogen (secondary N) is 1. The summed E-state index contributed by atoms with van der Waals surface area (Å²) < 4.78 is 0. The van der Waals surface area contributed by atoms with Gasteiger partial charge in [-0.2, -0.15) is 0 Å². The van der Waals surface area contributed by atoms with Crippen LogP contribution in [0.3, 0.4) is 0 Å². The number of carbonyl (C=O) groups is 1. The van der Waals surface area contributed by atoms with Gasteiger partial charge in [0.25, 0.3) is 0 Å². The summed E-state index contributed by atoms with van der Waals surface area (Å²) >= 11 is 7.42. The predicted octanol–water partition coefficient (Wildman–Crippen LogP) is 3.42. The number of benzene rings is 1. The Hall–Kier alpha value is -1.59. The standard InChI is InChI=1S/C12H11ClN2O2S/c1-7-10(18-6-15-7)5-14-9-4-2-3-8(13)11(9)12(16)17/h2-4,6,14H,5H2,1H3,(H,16,17). The Balaban J connectivity index is 2.22. The lowest BCUT2D eigenvalue weighted by Crippen LogP contribution is -2.07. The van der Waals surface area contributed by atoms with Crippen molar-refractivity contribution < 1.29 is 9.90 Å². The van der Waals surface area contributed by atoms with Crippen molar-refractivity contribution >= 4 is 34.6 Å². The van der Waals surface area contributed by atoms with Crippen molar-refractivity contribution in [3.8, 4) is 0 Å². The molecule has 18 heavy (non-hydrogen) atoms. The van der Waals surface area contributed by atoms with E-state index in [1.165, 1.54) is 11.3 Å². The van der Waals surface area contributed by atoms with E-state index in [2.05, 4.69) is 10.3 Å². The summed E-state index contributed by atoms with van der Waals surface area (Å²) in [6.07, 6.45) is 0. The van der Waals surface area contributed by atoms with Crippen molar-refractivity contribution in [1.29, 1.82) is 0 Å². The molecule has 0 aliphatic heterocycles. The third kappa shape index (κ3) is 2.63. The quantitative estimate of drug-likeness (QED) is 0.902. The molecule has 0 atom stereocenters. The number of hydrogen-bond acceptors (Lipinski definition) is 4. The molecule has 0 saturated carbocycles. The number of thiazole rings is 1. The minimum Gasteiger partial charge on any atom is -0.478 e. The highest BCUT2D eigenvalue weighted by Crippen LogP contribution is 2.25. The second kappa shape index (κ2) is 5.37. The second-order valence-corrected chi connectivity index (χ2v) is 5.03. The zero-order chi connectivity index (χ0) is 13.1. The highest BCUT2D eigenvalue weighted by molar-refractivity contribution is 7.09. The summed E-state index contributed by atoms with van der Waals surface area (Å²) in [6, 6.07) is 4.98. The molecule has 0 bridgehead atoms. The Labute approximate surface area is 113 Å². The molecular formula is C12H11ClN2O2S. The average Bonchev–Trinajstić information content (AvgIpc) is 2.71. The molecule has 0 amide bonds. The van der Waals surface area contributed by atoms with Gasteiger partial charge < -0.3 is 10.4 Å². The van der Waals surface area contributed by atoms with Crippen molar-refractivity contribution in [2.45, 2.75) is 13.5 Å². The van der Waals surface area contributed by atoms with E-state index in [-0.39, 0.29) is 10.6 Å². The molecule has 2 aromatic rings. The highest BCUT2D eigenvalue weighted by Gasteiger charge is 2.14. The number of halogens is 1. The van der Waals surface area contributed by atoms with Crippen LogP contribution in [0.2, 0.25) is 5.02 Å². The molecule has 94 valence electrons. The molecule has 0 aliphatic carbocycles. The van der Waals surface area contributed by atoms with Crippen molar-refractivity contribution in [3.63, 3.8) is 0 Å². The molecule has 1 aromatic heterocycles. The van der Waals surface area contributed by atoms with Gasteiger partial charge in [-0.1, -0.05) is 17.7 Å². The average molecular weight is 283 g/mol. The molecule has 0 aliphatic rings. The van der Waals surface area contributed by atoms with E-state index >= 15 is 0 Å². The Kier molecular flexibility index (Phi) is 3.84. The Morgan fingerprint density at radius 3 is 2.94 bits per heavy atom. The van der Waals surface area contributed by atoms with Gasteiger partial charge in [0.2, 0.25) is 0 Å². The number of aromatic carboxylic acids is 1. The first kappa shape index (κ1) is 12.9. The van der Waals surface area contributed by atoms with Gasteiger partial charge in [0, 0.05) is 4.88 Å². The van der Waals surface area contributed by atoms with Gasteiger partial charge >= 0.3 is 5.97 Å². The number of nitrogens with zero attached hydrogens (tertiary/aromatic N) is 1. The van der Waals surface area contributed by atoms with E-state index in [1.807, 2.05) is 6.92 Å². The number of carboxylic acid groups (broad SMARTS) is 1. The summed E-state index contributed by atoms with van der Waals surface area (Å²) in [7, 11) is 0. The number of aromatic nitrogens is 1. The topological polar surface area (TPSA) is 62.2 Å². The van der Waals surface area contributed by atoms with Crippen LogP contribution in [-0.2, 0) is 6.54 Å². The van der Waals surface area contributed by atoms with Crippen LogP contribution in [0, 0.1) is 6.92 Å². The summed E-state index contributed by atoms with van der Waals surface area (Å²) in [6.45, 7) is 2.46. The van der Waals surface area contributed by atoms with Crippen molar-refractivity contribution in [2.24, 2.45) is 0 Å². The lowest BCUT2D eigenvalue weighted by atomic mass is 10.1. The summed E-state index contributed by atoms with van der Waals surface area (Å²) in [5, 5.41) is 12.4. The van der Waals surface area contributed by atoms with Crippen molar-refractivity contribution in [1.82, 2.24) is 4.98 Å². The van der Waals surface area contributed by atoms with E-state index in [4.69, 9.17) is 16.7 Å². The molecule has 2 N–H and O–H groups in total. The second-order valence-electron chi connectivity index (χ2n) is 3.68. The molecule has 0 saturated heterocycles. The molecule has 0 fully saturated rings. The van der Waals surface area contributed by atoms with Crippen LogP contribution in [0.15, 0.2) is 23.7 Å². The number of aryl methyl sites for hydroxylation is 1. The fraction of sp³-hybridized carbons (Fsp3) is 0.167. The van der Waals surface area contributed by atoms with E-state index in [1.54, 1.807) is 23.7 Å². The number of carboxylic acids is 1. The van der Waals surface area contributed by atoms with Crippen LogP contribution < -0.4 is 5.32 Å². The maximum atomic E-state index is 11.1. The predicted molar refractivity (Wildman–Crippen MR) is 72.6 cm³/mol. The third-order valence-electron chi connectivity index (χ3n) is 2.51. The molecule has 0 radical (unpaired) electrons. The summed E-state index contributed by atoms with van der Waals surface area (Å²) in [5.41, 5.74) is 3.33. The fourth-order valence-corrected chi connectivity index (χ4v) is 2.53. The molecule has 1 aromatic carbocycles. The van der Waals surface area contributed by atoms with Gasteiger partial charge in [-0.15, -0.1) is 11.3 Å². The lowest BCUT2D eigenvalue weighted by molar-refractivity contribution is 0.0698. The van der Waals surface area contributed by atoms with E-state index < -0.39 is 5.97 Å². The van der Waals surface area contributed by atoms with Crippen LogP contribution in [0.1, 0.15) is 20.9 Å². The van der Waals surface area contributed by atoms with Gasteiger partial charge in [-0.3, -0.25) is 0 Å². The zero-order valence-corrected chi connectivity index (χ0v) is 11.2. The van der Waals surface area contributed by atoms with E-state index in [9.17, 15) is 4.79 Å². The molecule has 1 heterocycles. The normalized spacial score (nSPS) is 10.3. The van der Waals surface area contributed by atoms with Crippen LogP contribution >= 0.6 is 22.9 Å². The van der Waals surface area contributed by atoms with Crippen LogP contribution in [0.25, 0.3) is 0 Å². The summed E-state index contributed by atoms with van der Waals surface area (Å²) in [4.78, 5) is 16.4. The number of rotatable bonds is 4. The van der Waals surface area contributed by atoms with Gasteiger partial charge in [0.15, 0.2) is 0 Å². The lowest BCUT2D eigenvalue weighted by Gasteiger charge is -2.10. The van der Waals surface area contributed by atoms with Crippen molar-refractivity contribution in [3.05, 3.63) is 44.9 Å². The Morgan fingerprint density at radius 2 is 2.33 bits per heavy atom. The fourth-order valence-electron chi connectivity index (χ4n) is 1.56. The molecule has 2 rings (SSSR count). The van der Waals surface area contributed by atoms with Gasteiger partial charge in [0.1, 0.15) is 5.56 Å². The SMILES string of the molecule is Cc1ncsc1CNc1cccc(Cl)c1C(=O)O. The van der Waals surface area contributed by atoms with E-state index in [0.717, 1.165) is 10.6 Å².